The smallest absolute Gasteiger partial charge is 0.232 e. The summed E-state index contributed by atoms with van der Waals surface area (Å²) < 4.78 is 54.1. The largest absolute Gasteiger partial charge is 0.381 e. The number of halogens is 1. The second-order valence-corrected chi connectivity index (χ2v) is 12.4. The van der Waals surface area contributed by atoms with Crippen LogP contribution >= 0.6 is 11.3 Å². The number of rotatable bonds is 10. The van der Waals surface area contributed by atoms with Crippen molar-refractivity contribution in [3.63, 3.8) is 0 Å². The van der Waals surface area contributed by atoms with Crippen LogP contribution in [0, 0.1) is 5.82 Å². The fraction of sp³-hybridized carbons (Fsp3) is 0.500. The highest BCUT2D eigenvalue weighted by atomic mass is 32.2. The van der Waals surface area contributed by atoms with Crippen LogP contribution in [-0.2, 0) is 19.5 Å². The Morgan fingerprint density at radius 2 is 1.97 bits per heavy atom. The van der Waals surface area contributed by atoms with E-state index in [1.807, 2.05) is 0 Å². The van der Waals surface area contributed by atoms with E-state index in [2.05, 4.69) is 15.0 Å². The van der Waals surface area contributed by atoms with Crippen LogP contribution in [0.15, 0.2) is 30.5 Å². The molecule has 2 aliphatic rings. The Bertz CT molecular complexity index is 1360. The van der Waals surface area contributed by atoms with Crippen molar-refractivity contribution in [2.45, 2.75) is 51.0 Å². The molecule has 0 bridgehead atoms. The Kier molecular flexibility index (Phi) is 8.51. The molecular formula is C26H32FN5O4S2. The minimum absolute atomic E-state index is 0.0882. The first-order valence-corrected chi connectivity index (χ1v) is 15.5. The lowest BCUT2D eigenvalue weighted by Crippen LogP contribution is -2.19. The molecule has 3 aromatic rings. The number of nitrogens with zero attached hydrogens (tertiary/aromatic N) is 3. The fourth-order valence-electron chi connectivity index (χ4n) is 4.67. The van der Waals surface area contributed by atoms with Crippen LogP contribution in [-0.4, -0.2) is 61.6 Å². The number of aromatic nitrogens is 3. The third-order valence-corrected chi connectivity index (χ3v) is 9.32. The van der Waals surface area contributed by atoms with Gasteiger partial charge in [-0.25, -0.2) is 27.8 Å². The minimum atomic E-state index is -3.66. The van der Waals surface area contributed by atoms with Crippen LogP contribution in [0.25, 0.3) is 21.8 Å². The molecule has 0 saturated carbocycles. The second-order valence-electron chi connectivity index (χ2n) is 9.49. The van der Waals surface area contributed by atoms with Crippen molar-refractivity contribution in [3.8, 4) is 21.8 Å². The van der Waals surface area contributed by atoms with Crippen molar-refractivity contribution in [3.05, 3.63) is 41.3 Å². The highest BCUT2D eigenvalue weighted by molar-refractivity contribution is 7.92. The molecule has 2 fully saturated rings. The van der Waals surface area contributed by atoms with Gasteiger partial charge in [0.25, 0.3) is 0 Å². The molecule has 1 aromatic carbocycles. The Labute approximate surface area is 226 Å². The van der Waals surface area contributed by atoms with E-state index in [1.54, 1.807) is 31.3 Å². The highest BCUT2D eigenvalue weighted by Crippen LogP contribution is 2.42. The van der Waals surface area contributed by atoms with Gasteiger partial charge in [-0.1, -0.05) is 13.0 Å². The van der Waals surface area contributed by atoms with E-state index in [4.69, 9.17) is 19.4 Å². The molecule has 0 unspecified atom stereocenters. The summed E-state index contributed by atoms with van der Waals surface area (Å²) in [5.41, 5.74) is 1.19. The summed E-state index contributed by atoms with van der Waals surface area (Å²) in [6.45, 7) is 4.45. The van der Waals surface area contributed by atoms with Gasteiger partial charge in [-0.05, 0) is 50.3 Å². The monoisotopic (exact) mass is 561 g/mol. The van der Waals surface area contributed by atoms with Crippen LogP contribution in [0.2, 0.25) is 0 Å². The van der Waals surface area contributed by atoms with Gasteiger partial charge in [-0.15, -0.1) is 11.3 Å². The Morgan fingerprint density at radius 3 is 2.74 bits per heavy atom. The molecule has 0 aliphatic carbocycles. The molecule has 0 radical (unpaired) electrons. The third kappa shape index (κ3) is 6.31. The van der Waals surface area contributed by atoms with Gasteiger partial charge in [0.1, 0.15) is 0 Å². The highest BCUT2D eigenvalue weighted by Gasteiger charge is 2.26. The maximum Gasteiger partial charge on any atom is 0.232 e. The van der Waals surface area contributed by atoms with Crippen LogP contribution in [0.3, 0.4) is 0 Å². The Morgan fingerprint density at radius 1 is 1.13 bits per heavy atom. The van der Waals surface area contributed by atoms with Gasteiger partial charge in [-0.2, -0.15) is 0 Å². The molecule has 9 nitrogen and oxygen atoms in total. The topological polar surface area (TPSA) is 115 Å². The molecule has 0 spiro atoms. The van der Waals surface area contributed by atoms with Crippen LogP contribution in [0.5, 0.6) is 0 Å². The van der Waals surface area contributed by atoms with E-state index in [1.165, 1.54) is 17.4 Å². The molecule has 2 saturated heterocycles. The van der Waals surface area contributed by atoms with Crippen LogP contribution in [0.1, 0.15) is 50.0 Å². The molecule has 4 heterocycles. The zero-order chi connectivity index (χ0) is 26.5. The predicted octanol–water partition coefficient (Wildman–Crippen LogP) is 5.04. The van der Waals surface area contributed by atoms with E-state index < -0.39 is 15.8 Å². The number of anilines is 2. The van der Waals surface area contributed by atoms with Gasteiger partial charge in [0, 0.05) is 44.0 Å². The van der Waals surface area contributed by atoms with Crippen molar-refractivity contribution in [2.75, 3.05) is 42.2 Å². The summed E-state index contributed by atoms with van der Waals surface area (Å²) in [5, 5.41) is 4.14. The molecule has 0 amide bonds. The molecule has 204 valence electrons. The number of nitrogens with one attached hydrogen (secondary N) is 2. The number of benzene rings is 1. The van der Waals surface area contributed by atoms with Gasteiger partial charge in [0.05, 0.1) is 38.8 Å². The first-order valence-electron chi connectivity index (χ1n) is 13.0. The first kappa shape index (κ1) is 26.9. The van der Waals surface area contributed by atoms with Gasteiger partial charge in [0.2, 0.25) is 16.0 Å². The molecule has 2 aromatic heterocycles. The number of hydrogen-bond acceptors (Lipinski definition) is 9. The van der Waals surface area contributed by atoms with Crippen molar-refractivity contribution in [1.29, 1.82) is 0 Å². The summed E-state index contributed by atoms with van der Waals surface area (Å²) in [6, 6.07) is 6.47. The van der Waals surface area contributed by atoms with E-state index in [0.29, 0.717) is 48.4 Å². The average molecular weight is 562 g/mol. The summed E-state index contributed by atoms with van der Waals surface area (Å²) >= 11 is 1.49. The summed E-state index contributed by atoms with van der Waals surface area (Å²) in [5.74, 6) is -0.0844. The lowest BCUT2D eigenvalue weighted by molar-refractivity contribution is 0.0853. The van der Waals surface area contributed by atoms with Gasteiger partial charge in [0.15, 0.2) is 5.82 Å². The van der Waals surface area contributed by atoms with E-state index in [-0.39, 0.29) is 29.0 Å². The average Bonchev–Trinajstić information content (AvgIpc) is 3.60. The Balaban J connectivity index is 1.52. The van der Waals surface area contributed by atoms with Crippen molar-refractivity contribution >= 4 is 33.0 Å². The quantitative estimate of drug-likeness (QED) is 0.354. The predicted molar refractivity (Wildman–Crippen MR) is 146 cm³/mol. The molecule has 5 rings (SSSR count). The first-order chi connectivity index (χ1) is 18.4. The number of thiazole rings is 1. The van der Waals surface area contributed by atoms with E-state index in [0.717, 1.165) is 37.3 Å². The number of sulfonamides is 1. The number of ether oxygens (including phenoxy) is 2. The molecule has 2 aliphatic heterocycles. The fourth-order valence-corrected chi connectivity index (χ4v) is 7.02. The SMILES string of the molecule is CCCS(=O)(=O)Nc1cccc(-c2nc(C3CCOCC3)sc2-c2ccnc(NC[C@@H]3CCCO3)n2)c1F. The summed E-state index contributed by atoms with van der Waals surface area (Å²) in [6.07, 6.45) is 5.95. The minimum Gasteiger partial charge on any atom is -0.381 e. The molecule has 12 heteroatoms. The maximum absolute atomic E-state index is 15.8. The zero-order valence-electron chi connectivity index (χ0n) is 21.3. The molecule has 38 heavy (non-hydrogen) atoms. The molecule has 2 N–H and O–H groups in total. The standard InChI is InChI=1S/C26H32FN5O4S2/c1-2-15-38(33,34)32-20-7-3-6-19(22(20)27)23-24(37-25(31-23)17-9-13-35-14-10-17)21-8-11-28-26(30-21)29-16-18-5-4-12-36-18/h3,6-8,11,17-18,32H,2,4-5,9-10,12-16H2,1H3,(H,28,29,30)/t18-/m0/s1. The maximum atomic E-state index is 15.8. The van der Waals surface area contributed by atoms with Crippen molar-refractivity contribution < 1.29 is 22.3 Å². The van der Waals surface area contributed by atoms with Gasteiger partial charge in [-0.3, -0.25) is 4.72 Å². The van der Waals surface area contributed by atoms with E-state index in [9.17, 15) is 8.42 Å². The van der Waals surface area contributed by atoms with Crippen LogP contribution < -0.4 is 10.0 Å². The normalized spacial score (nSPS) is 18.5. The lowest BCUT2D eigenvalue weighted by Gasteiger charge is -2.19. The number of hydrogen-bond donors (Lipinski definition) is 2. The zero-order valence-corrected chi connectivity index (χ0v) is 22.9. The third-order valence-electron chi connectivity index (χ3n) is 6.61. The van der Waals surface area contributed by atoms with Crippen LogP contribution in [0.4, 0.5) is 16.0 Å². The van der Waals surface area contributed by atoms with Gasteiger partial charge < -0.3 is 14.8 Å². The van der Waals surface area contributed by atoms with Gasteiger partial charge >= 0.3 is 0 Å². The van der Waals surface area contributed by atoms with E-state index >= 15 is 4.39 Å². The van der Waals surface area contributed by atoms with Crippen molar-refractivity contribution in [2.24, 2.45) is 0 Å². The molecule has 1 atom stereocenters. The molecular weight excluding hydrogens is 529 g/mol. The second kappa shape index (κ2) is 12.0. The Hall–Kier alpha value is -2.67. The summed E-state index contributed by atoms with van der Waals surface area (Å²) in [7, 11) is -3.66. The van der Waals surface area contributed by atoms with Crippen molar-refractivity contribution in [1.82, 2.24) is 15.0 Å². The lowest BCUT2D eigenvalue weighted by atomic mass is 10.0. The summed E-state index contributed by atoms with van der Waals surface area (Å²) in [4.78, 5) is 14.7.